The molecule has 0 aromatic heterocycles. The van der Waals surface area contributed by atoms with Crippen molar-refractivity contribution < 1.29 is 14.3 Å². The number of nitrogens with zero attached hydrogens (tertiary/aromatic N) is 1. The van der Waals surface area contributed by atoms with E-state index in [0.717, 1.165) is 16.3 Å². The number of fused-ring (bicyclic) bond motifs is 1. The number of rotatable bonds is 5. The van der Waals surface area contributed by atoms with Gasteiger partial charge >= 0.3 is 0 Å². The zero-order chi connectivity index (χ0) is 18.5. The molecule has 3 aromatic carbocycles. The molecular weight excluding hydrogens is 352 g/mol. The molecule has 26 heavy (non-hydrogen) atoms. The van der Waals surface area contributed by atoms with Crippen LogP contribution in [0.3, 0.4) is 0 Å². The number of methoxy groups -OCH3 is 2. The molecular formula is C20H17ClN2O3. The summed E-state index contributed by atoms with van der Waals surface area (Å²) in [4.78, 5) is 12.5. The largest absolute Gasteiger partial charge is 0.496 e. The van der Waals surface area contributed by atoms with Crippen LogP contribution in [-0.2, 0) is 0 Å². The van der Waals surface area contributed by atoms with Gasteiger partial charge in [0.2, 0.25) is 0 Å². The van der Waals surface area contributed by atoms with Gasteiger partial charge in [-0.3, -0.25) is 4.79 Å². The van der Waals surface area contributed by atoms with Gasteiger partial charge in [-0.05, 0) is 46.7 Å². The van der Waals surface area contributed by atoms with E-state index in [1.54, 1.807) is 31.4 Å². The summed E-state index contributed by atoms with van der Waals surface area (Å²) in [5.41, 5.74) is 3.66. The molecule has 0 bridgehead atoms. The van der Waals surface area contributed by atoms with Crippen LogP contribution in [-0.4, -0.2) is 26.3 Å². The van der Waals surface area contributed by atoms with Crippen molar-refractivity contribution >= 4 is 34.5 Å². The summed E-state index contributed by atoms with van der Waals surface area (Å²) < 4.78 is 10.4. The van der Waals surface area contributed by atoms with E-state index in [-0.39, 0.29) is 5.91 Å². The molecule has 0 saturated carbocycles. The summed E-state index contributed by atoms with van der Waals surface area (Å²) in [6, 6.07) is 16.6. The van der Waals surface area contributed by atoms with E-state index >= 15 is 0 Å². The average molecular weight is 369 g/mol. The van der Waals surface area contributed by atoms with Gasteiger partial charge in [-0.25, -0.2) is 5.43 Å². The van der Waals surface area contributed by atoms with Gasteiger partial charge in [0.1, 0.15) is 11.5 Å². The first-order chi connectivity index (χ1) is 12.6. The molecule has 0 saturated heterocycles. The third-order valence-electron chi connectivity index (χ3n) is 3.87. The predicted octanol–water partition coefficient (Wildman–Crippen LogP) is 4.27. The molecule has 1 N–H and O–H groups in total. The number of halogens is 1. The normalized spacial score (nSPS) is 10.9. The first kappa shape index (κ1) is 17.8. The van der Waals surface area contributed by atoms with E-state index in [1.807, 2.05) is 30.3 Å². The van der Waals surface area contributed by atoms with E-state index < -0.39 is 0 Å². The Morgan fingerprint density at radius 3 is 2.35 bits per heavy atom. The SMILES string of the molecule is COc1ccc(/C=N\NC(=O)c2cc3ccccc3cc2OC)cc1Cl. The fourth-order valence-electron chi connectivity index (χ4n) is 2.55. The van der Waals surface area contributed by atoms with Gasteiger partial charge in [0.15, 0.2) is 0 Å². The Balaban J connectivity index is 1.79. The third kappa shape index (κ3) is 3.78. The van der Waals surface area contributed by atoms with Crippen molar-refractivity contribution in [2.75, 3.05) is 14.2 Å². The van der Waals surface area contributed by atoms with Gasteiger partial charge in [0.25, 0.3) is 5.91 Å². The smallest absolute Gasteiger partial charge is 0.275 e. The number of carbonyl (C=O) groups excluding carboxylic acids is 1. The number of carbonyl (C=O) groups is 1. The third-order valence-corrected chi connectivity index (χ3v) is 4.16. The number of hydrogen-bond donors (Lipinski definition) is 1. The molecule has 1 amide bonds. The molecule has 0 unspecified atom stereocenters. The number of hydrazone groups is 1. The first-order valence-electron chi connectivity index (χ1n) is 7.86. The Labute approximate surface area is 156 Å². The summed E-state index contributed by atoms with van der Waals surface area (Å²) in [6.07, 6.45) is 1.51. The lowest BCUT2D eigenvalue weighted by Crippen LogP contribution is -2.18. The molecule has 3 rings (SSSR count). The molecule has 0 atom stereocenters. The van der Waals surface area contributed by atoms with Gasteiger partial charge in [-0.15, -0.1) is 0 Å². The van der Waals surface area contributed by atoms with E-state index in [1.165, 1.54) is 13.3 Å². The second-order valence-electron chi connectivity index (χ2n) is 5.49. The highest BCUT2D eigenvalue weighted by Crippen LogP contribution is 2.26. The quantitative estimate of drug-likeness (QED) is 0.540. The fourth-order valence-corrected chi connectivity index (χ4v) is 2.82. The van der Waals surface area contributed by atoms with Crippen LogP contribution in [0.2, 0.25) is 5.02 Å². The van der Waals surface area contributed by atoms with Crippen LogP contribution >= 0.6 is 11.6 Å². The summed E-state index contributed by atoms with van der Waals surface area (Å²) in [6.45, 7) is 0. The Morgan fingerprint density at radius 2 is 1.69 bits per heavy atom. The molecule has 0 fully saturated rings. The number of nitrogens with one attached hydrogen (secondary N) is 1. The van der Waals surface area contributed by atoms with Crippen LogP contribution in [0.15, 0.2) is 59.7 Å². The minimum absolute atomic E-state index is 0.358. The van der Waals surface area contributed by atoms with Crippen molar-refractivity contribution in [2.45, 2.75) is 0 Å². The first-order valence-corrected chi connectivity index (χ1v) is 8.24. The number of hydrogen-bond acceptors (Lipinski definition) is 4. The Kier molecular flexibility index (Phi) is 5.39. The zero-order valence-electron chi connectivity index (χ0n) is 14.3. The minimum atomic E-state index is -0.358. The van der Waals surface area contributed by atoms with Crippen LogP contribution in [0.5, 0.6) is 11.5 Å². The van der Waals surface area contributed by atoms with Crippen molar-refractivity contribution in [1.29, 1.82) is 0 Å². The monoisotopic (exact) mass is 368 g/mol. The molecule has 5 nitrogen and oxygen atoms in total. The number of amides is 1. The summed E-state index contributed by atoms with van der Waals surface area (Å²) in [5, 5.41) is 6.41. The van der Waals surface area contributed by atoms with Gasteiger partial charge in [0, 0.05) is 0 Å². The summed E-state index contributed by atoms with van der Waals surface area (Å²) >= 11 is 6.07. The van der Waals surface area contributed by atoms with Crippen LogP contribution in [0, 0.1) is 0 Å². The van der Waals surface area contributed by atoms with E-state index in [4.69, 9.17) is 21.1 Å². The molecule has 132 valence electrons. The predicted molar refractivity (Wildman–Crippen MR) is 104 cm³/mol. The van der Waals surface area contributed by atoms with Crippen molar-refractivity contribution in [2.24, 2.45) is 5.10 Å². The maximum atomic E-state index is 12.5. The van der Waals surface area contributed by atoms with Crippen LogP contribution in [0.4, 0.5) is 0 Å². The zero-order valence-corrected chi connectivity index (χ0v) is 15.1. The lowest BCUT2D eigenvalue weighted by Gasteiger charge is -2.09. The van der Waals surface area contributed by atoms with Gasteiger partial charge < -0.3 is 9.47 Å². The Hall–Kier alpha value is -3.05. The fraction of sp³-hybridized carbons (Fsp3) is 0.100. The maximum Gasteiger partial charge on any atom is 0.275 e. The summed E-state index contributed by atoms with van der Waals surface area (Å²) in [7, 11) is 3.08. The van der Waals surface area contributed by atoms with Gasteiger partial charge in [-0.1, -0.05) is 35.9 Å². The molecule has 0 aliphatic heterocycles. The van der Waals surface area contributed by atoms with Crippen LogP contribution < -0.4 is 14.9 Å². The number of ether oxygens (including phenoxy) is 2. The van der Waals surface area contributed by atoms with Crippen LogP contribution in [0.25, 0.3) is 10.8 Å². The van der Waals surface area contributed by atoms with Crippen molar-refractivity contribution in [3.8, 4) is 11.5 Å². The highest BCUT2D eigenvalue weighted by atomic mass is 35.5. The molecule has 0 aliphatic rings. The Bertz CT molecular complexity index is 986. The molecule has 6 heteroatoms. The van der Waals surface area contributed by atoms with Crippen molar-refractivity contribution in [3.63, 3.8) is 0 Å². The molecule has 0 spiro atoms. The average Bonchev–Trinajstić information content (AvgIpc) is 2.67. The second-order valence-corrected chi connectivity index (χ2v) is 5.90. The standard InChI is InChI=1S/C20H17ClN2O3/c1-25-18-8-7-13(9-17(18)21)12-22-23-20(24)16-10-14-5-3-4-6-15(14)11-19(16)26-2/h3-12H,1-2H3,(H,23,24)/b22-12-. The molecule has 0 radical (unpaired) electrons. The maximum absolute atomic E-state index is 12.5. The summed E-state index contributed by atoms with van der Waals surface area (Å²) in [5.74, 6) is 0.709. The van der Waals surface area contributed by atoms with Gasteiger partial charge in [0.05, 0.1) is 31.0 Å². The van der Waals surface area contributed by atoms with E-state index in [2.05, 4.69) is 10.5 Å². The topological polar surface area (TPSA) is 59.9 Å². The van der Waals surface area contributed by atoms with E-state index in [0.29, 0.717) is 22.1 Å². The van der Waals surface area contributed by atoms with Crippen molar-refractivity contribution in [1.82, 2.24) is 5.43 Å². The molecule has 3 aromatic rings. The molecule has 0 heterocycles. The van der Waals surface area contributed by atoms with Crippen LogP contribution in [0.1, 0.15) is 15.9 Å². The lowest BCUT2D eigenvalue weighted by molar-refractivity contribution is 0.0952. The Morgan fingerprint density at radius 1 is 1.00 bits per heavy atom. The highest BCUT2D eigenvalue weighted by molar-refractivity contribution is 6.32. The highest BCUT2D eigenvalue weighted by Gasteiger charge is 2.13. The second kappa shape index (κ2) is 7.89. The van der Waals surface area contributed by atoms with Gasteiger partial charge in [-0.2, -0.15) is 5.10 Å². The molecule has 0 aliphatic carbocycles. The minimum Gasteiger partial charge on any atom is -0.496 e. The number of benzene rings is 3. The van der Waals surface area contributed by atoms with E-state index in [9.17, 15) is 4.79 Å². The lowest BCUT2D eigenvalue weighted by atomic mass is 10.1. The van der Waals surface area contributed by atoms with Crippen molar-refractivity contribution in [3.05, 3.63) is 70.7 Å².